The number of hydrogen-bond acceptors (Lipinski definition) is 6. The van der Waals surface area contributed by atoms with E-state index >= 15 is 0 Å². The van der Waals surface area contributed by atoms with Crippen LogP contribution in [-0.2, 0) is 14.8 Å². The largest absolute Gasteiger partial charge is 0.479 e. The summed E-state index contributed by atoms with van der Waals surface area (Å²) in [6, 6.07) is 4.59. The molecule has 1 aromatic rings. The number of amidine groups is 1. The molecule has 2 unspecified atom stereocenters. The molecule has 37 heavy (non-hydrogen) atoms. The van der Waals surface area contributed by atoms with Crippen LogP contribution in [0.4, 0.5) is 0 Å². The van der Waals surface area contributed by atoms with E-state index in [1.807, 2.05) is 6.19 Å². The van der Waals surface area contributed by atoms with E-state index in [4.69, 9.17) is 22.1 Å². The summed E-state index contributed by atoms with van der Waals surface area (Å²) < 4.78 is 34.6. The molecule has 0 spiro atoms. The van der Waals surface area contributed by atoms with Gasteiger partial charge >= 0.3 is 0 Å². The molecule has 200 valence electrons. The third kappa shape index (κ3) is 4.70. The highest BCUT2D eigenvalue weighted by Gasteiger charge is 2.58. The van der Waals surface area contributed by atoms with Gasteiger partial charge < -0.3 is 15.8 Å². The first-order valence-electron chi connectivity index (χ1n) is 13.0. The lowest BCUT2D eigenvalue weighted by Gasteiger charge is -2.59. The van der Waals surface area contributed by atoms with E-state index in [2.05, 4.69) is 10.3 Å². The monoisotopic (exact) mass is 547 g/mol. The molecular formula is C26H34ClN5O4S. The molecule has 1 saturated heterocycles. The molecule has 1 amide bonds. The van der Waals surface area contributed by atoms with Gasteiger partial charge in [-0.05, 0) is 94.7 Å². The number of nitrogens with two attached hydrogens (primary N) is 1. The Balaban J connectivity index is 1.41. The fraction of sp³-hybridized carbons (Fsp3) is 0.654. The molecule has 5 aliphatic rings. The van der Waals surface area contributed by atoms with E-state index in [-0.39, 0.29) is 34.4 Å². The standard InChI is InChI=1S/C26H34ClN5O4S/c1-25(2,36-20-6-5-19(27)11-21(20)37(34,35)32-7-3-4-8-32)24(30-15-28)31-22-17-9-16-10-18(22)14-26(12-16,13-17)23(29)33/h5-6,11,16-18,22H,3-4,7-10,12-14H2,1-2H3,(H2,29,33)(H,30,31). The maximum absolute atomic E-state index is 13.4. The lowest BCUT2D eigenvalue weighted by molar-refractivity contribution is -0.145. The van der Waals surface area contributed by atoms with E-state index in [0.717, 1.165) is 44.9 Å². The molecule has 0 radical (unpaired) electrons. The normalized spacial score (nSPS) is 31.8. The zero-order valence-electron chi connectivity index (χ0n) is 21.2. The third-order valence-electron chi connectivity index (χ3n) is 8.79. The Morgan fingerprint density at radius 3 is 2.49 bits per heavy atom. The quantitative estimate of drug-likeness (QED) is 0.305. The second-order valence-corrected chi connectivity index (χ2v) is 14.0. The summed E-state index contributed by atoms with van der Waals surface area (Å²) in [7, 11) is -3.80. The lowest BCUT2D eigenvalue weighted by atomic mass is 9.47. The Morgan fingerprint density at radius 1 is 1.24 bits per heavy atom. The summed E-state index contributed by atoms with van der Waals surface area (Å²) in [4.78, 5) is 16.4. The Bertz CT molecular complexity index is 1250. The Morgan fingerprint density at radius 2 is 1.89 bits per heavy atom. The van der Waals surface area contributed by atoms with Crippen molar-refractivity contribution in [2.45, 2.75) is 75.3 Å². The van der Waals surface area contributed by atoms with Crippen LogP contribution in [0.3, 0.4) is 0 Å². The number of hydrogen-bond donors (Lipinski definition) is 2. The number of sulfonamides is 1. The van der Waals surface area contributed by atoms with Crippen molar-refractivity contribution in [3.8, 4) is 11.9 Å². The molecule has 0 aromatic heterocycles. The summed E-state index contributed by atoms with van der Waals surface area (Å²) in [6.07, 6.45) is 7.89. The van der Waals surface area contributed by atoms with E-state index < -0.39 is 21.0 Å². The molecule has 4 saturated carbocycles. The number of carbonyl (C=O) groups is 1. The molecule has 4 bridgehead atoms. The number of rotatable bonds is 7. The van der Waals surface area contributed by atoms with Gasteiger partial charge in [0, 0.05) is 29.6 Å². The number of nitrogens with one attached hydrogen (secondary N) is 1. The van der Waals surface area contributed by atoms with Gasteiger partial charge in [0.15, 0.2) is 11.4 Å². The van der Waals surface area contributed by atoms with Gasteiger partial charge in [-0.15, -0.1) is 0 Å². The smallest absolute Gasteiger partial charge is 0.246 e. The minimum Gasteiger partial charge on any atom is -0.479 e. The average molecular weight is 548 g/mol. The molecule has 9 nitrogen and oxygen atoms in total. The van der Waals surface area contributed by atoms with Crippen LogP contribution in [0.2, 0.25) is 5.02 Å². The molecule has 1 aliphatic heterocycles. The van der Waals surface area contributed by atoms with E-state index in [0.29, 0.717) is 29.9 Å². The maximum Gasteiger partial charge on any atom is 0.246 e. The maximum atomic E-state index is 13.4. The number of aliphatic imine (C=N–C) groups is 1. The Labute approximate surface area is 223 Å². The summed E-state index contributed by atoms with van der Waals surface area (Å²) >= 11 is 6.19. The first-order chi connectivity index (χ1) is 17.4. The van der Waals surface area contributed by atoms with E-state index in [9.17, 15) is 18.5 Å². The summed E-state index contributed by atoms with van der Waals surface area (Å²) in [6.45, 7) is 4.44. The van der Waals surface area contributed by atoms with Crippen LogP contribution in [0.15, 0.2) is 28.1 Å². The number of halogens is 1. The zero-order valence-corrected chi connectivity index (χ0v) is 22.8. The highest BCUT2D eigenvalue weighted by Crippen LogP contribution is 2.60. The second-order valence-electron chi connectivity index (χ2n) is 11.7. The van der Waals surface area contributed by atoms with Gasteiger partial charge in [-0.3, -0.25) is 4.79 Å². The second kappa shape index (κ2) is 9.44. The van der Waals surface area contributed by atoms with E-state index in [1.54, 1.807) is 26.0 Å². The molecule has 11 heteroatoms. The van der Waals surface area contributed by atoms with Crippen LogP contribution in [0, 0.1) is 34.6 Å². The number of primary amides is 1. The summed E-state index contributed by atoms with van der Waals surface area (Å²) in [5.74, 6) is 1.29. The lowest BCUT2D eigenvalue weighted by Crippen LogP contribution is -2.64. The minimum absolute atomic E-state index is 0.00399. The van der Waals surface area contributed by atoms with Crippen LogP contribution in [0.25, 0.3) is 0 Å². The average Bonchev–Trinajstić information content (AvgIpc) is 3.37. The first-order valence-corrected chi connectivity index (χ1v) is 14.8. The fourth-order valence-electron chi connectivity index (χ4n) is 7.27. The van der Waals surface area contributed by atoms with Crippen LogP contribution in [0.5, 0.6) is 5.75 Å². The first kappa shape index (κ1) is 26.3. The Kier molecular flexibility index (Phi) is 6.70. The SMILES string of the molecule is CC(C)(Oc1ccc(Cl)cc1S(=O)(=O)N1CCCC1)/C(=N/C#N)NC1C2CC3CC1CC(C(N)=O)(C3)C2. The fourth-order valence-corrected chi connectivity index (χ4v) is 9.16. The predicted octanol–water partition coefficient (Wildman–Crippen LogP) is 3.43. The number of benzene rings is 1. The number of nitrogens with zero attached hydrogens (tertiary/aromatic N) is 3. The van der Waals surface area contributed by atoms with Crippen molar-refractivity contribution < 1.29 is 17.9 Å². The molecular weight excluding hydrogens is 514 g/mol. The number of amides is 1. The van der Waals surface area contributed by atoms with Gasteiger partial charge in [0.2, 0.25) is 22.1 Å². The van der Waals surface area contributed by atoms with Gasteiger partial charge in [0.1, 0.15) is 10.6 Å². The van der Waals surface area contributed by atoms with Gasteiger partial charge in [0.25, 0.3) is 0 Å². The number of nitriles is 1. The molecule has 1 heterocycles. The van der Waals surface area contributed by atoms with Crippen LogP contribution >= 0.6 is 11.6 Å². The molecule has 4 aliphatic carbocycles. The summed E-state index contributed by atoms with van der Waals surface area (Å²) in [5, 5.41) is 13.3. The highest BCUT2D eigenvalue weighted by molar-refractivity contribution is 7.89. The molecule has 2 atom stereocenters. The molecule has 3 N–H and O–H groups in total. The van der Waals surface area contributed by atoms with Crippen molar-refractivity contribution in [3.63, 3.8) is 0 Å². The zero-order chi connectivity index (χ0) is 26.6. The molecule has 5 fully saturated rings. The third-order valence-corrected chi connectivity index (χ3v) is 10.9. The van der Waals surface area contributed by atoms with Crippen molar-refractivity contribution in [1.29, 1.82) is 5.26 Å². The van der Waals surface area contributed by atoms with Crippen molar-refractivity contribution in [2.75, 3.05) is 13.1 Å². The number of ether oxygens (including phenoxy) is 1. The van der Waals surface area contributed by atoms with Crippen LogP contribution in [-0.4, -0.2) is 49.2 Å². The van der Waals surface area contributed by atoms with Crippen molar-refractivity contribution >= 4 is 33.4 Å². The summed E-state index contributed by atoms with van der Waals surface area (Å²) in [5.41, 5.74) is 4.27. The topological polar surface area (TPSA) is 138 Å². The highest BCUT2D eigenvalue weighted by atomic mass is 35.5. The number of carbonyl (C=O) groups excluding carboxylic acids is 1. The molecule has 1 aromatic carbocycles. The van der Waals surface area contributed by atoms with Gasteiger partial charge in [-0.1, -0.05) is 11.6 Å². The van der Waals surface area contributed by atoms with E-state index in [1.165, 1.54) is 10.4 Å². The van der Waals surface area contributed by atoms with Gasteiger partial charge in [-0.25, -0.2) is 8.42 Å². The van der Waals surface area contributed by atoms with Gasteiger partial charge in [0.05, 0.1) is 0 Å². The van der Waals surface area contributed by atoms with Crippen molar-refractivity contribution in [3.05, 3.63) is 23.2 Å². The van der Waals surface area contributed by atoms with Crippen molar-refractivity contribution in [2.24, 2.45) is 33.9 Å². The predicted molar refractivity (Wildman–Crippen MR) is 139 cm³/mol. The van der Waals surface area contributed by atoms with Crippen LogP contribution in [0.1, 0.15) is 58.8 Å². The minimum atomic E-state index is -3.80. The van der Waals surface area contributed by atoms with Crippen molar-refractivity contribution in [1.82, 2.24) is 9.62 Å². The van der Waals surface area contributed by atoms with Crippen LogP contribution < -0.4 is 15.8 Å². The van der Waals surface area contributed by atoms with Gasteiger partial charge in [-0.2, -0.15) is 14.6 Å². The molecule has 6 rings (SSSR count). The Hall–Kier alpha value is -2.35.